The molecule has 1 amide bonds. The molecular weight excluding hydrogens is 164 g/mol. The van der Waals surface area contributed by atoms with Crippen LogP contribution in [0.4, 0.5) is 0 Å². The van der Waals surface area contributed by atoms with Crippen molar-refractivity contribution in [2.75, 3.05) is 20.6 Å². The number of hydrogen-bond acceptors (Lipinski definition) is 2. The van der Waals surface area contributed by atoms with Crippen LogP contribution in [0.3, 0.4) is 0 Å². The predicted molar refractivity (Wildman–Crippen MR) is 53.6 cm³/mol. The summed E-state index contributed by atoms with van der Waals surface area (Å²) in [5, 5.41) is 3.31. The minimum atomic E-state index is 0.172. The number of likely N-dealkylation sites (N-methyl/N-ethyl adjacent to an activating group) is 1. The minimum absolute atomic E-state index is 0.172. The second kappa shape index (κ2) is 5.22. The first-order chi connectivity index (χ1) is 6.20. The number of carbonyl (C=O) groups excluding carboxylic acids is 1. The molecule has 0 aromatic rings. The molecule has 0 heterocycles. The summed E-state index contributed by atoms with van der Waals surface area (Å²) in [4.78, 5) is 12.9. The predicted octanol–water partition coefficient (Wildman–Crippen LogP) is 0.997. The zero-order valence-corrected chi connectivity index (χ0v) is 8.68. The van der Waals surface area contributed by atoms with Crippen LogP contribution < -0.4 is 5.32 Å². The third-order valence-electron chi connectivity index (χ3n) is 2.65. The van der Waals surface area contributed by atoms with Crippen LogP contribution >= 0.6 is 0 Å². The molecule has 76 valence electrons. The fraction of sp³-hybridized carbons (Fsp3) is 0.900. The molecule has 13 heavy (non-hydrogen) atoms. The van der Waals surface area contributed by atoms with Crippen LogP contribution in [0.2, 0.25) is 0 Å². The van der Waals surface area contributed by atoms with Gasteiger partial charge in [0, 0.05) is 20.1 Å². The molecule has 1 rings (SSSR count). The topological polar surface area (TPSA) is 32.3 Å². The lowest BCUT2D eigenvalue weighted by molar-refractivity contribution is -0.127. The Labute approximate surface area is 80.5 Å². The van der Waals surface area contributed by atoms with Crippen LogP contribution in [0.15, 0.2) is 0 Å². The maximum atomic E-state index is 11.2. The molecule has 3 nitrogen and oxygen atoms in total. The second-order valence-electron chi connectivity index (χ2n) is 4.00. The van der Waals surface area contributed by atoms with Crippen LogP contribution in [0.25, 0.3) is 0 Å². The lowest BCUT2D eigenvalue weighted by Gasteiger charge is -2.23. The number of hydrogen-bond donors (Lipinski definition) is 1. The van der Waals surface area contributed by atoms with E-state index in [0.717, 1.165) is 0 Å². The van der Waals surface area contributed by atoms with Gasteiger partial charge in [-0.05, 0) is 12.8 Å². The Hall–Kier alpha value is -0.570. The molecule has 0 spiro atoms. The Morgan fingerprint density at radius 2 is 1.92 bits per heavy atom. The molecule has 0 radical (unpaired) electrons. The number of nitrogens with zero attached hydrogens (tertiary/aromatic N) is 1. The van der Waals surface area contributed by atoms with Gasteiger partial charge in [0.05, 0.1) is 6.54 Å². The van der Waals surface area contributed by atoms with Crippen molar-refractivity contribution in [1.82, 2.24) is 10.2 Å². The maximum absolute atomic E-state index is 11.2. The van der Waals surface area contributed by atoms with Crippen LogP contribution in [0, 0.1) is 0 Å². The molecule has 0 bridgehead atoms. The van der Waals surface area contributed by atoms with E-state index in [1.54, 1.807) is 19.0 Å². The van der Waals surface area contributed by atoms with E-state index in [2.05, 4.69) is 5.32 Å². The molecule has 0 saturated heterocycles. The van der Waals surface area contributed by atoms with Crippen molar-refractivity contribution in [3.05, 3.63) is 0 Å². The SMILES string of the molecule is CN(C)C(=O)CNC1CCCCC1. The summed E-state index contributed by atoms with van der Waals surface area (Å²) in [5.41, 5.74) is 0. The molecule has 0 atom stereocenters. The highest BCUT2D eigenvalue weighted by Gasteiger charge is 2.14. The monoisotopic (exact) mass is 184 g/mol. The quantitative estimate of drug-likeness (QED) is 0.709. The molecule has 0 aliphatic heterocycles. The third kappa shape index (κ3) is 3.77. The van der Waals surface area contributed by atoms with Gasteiger partial charge in [-0.3, -0.25) is 4.79 Å². The van der Waals surface area contributed by atoms with E-state index >= 15 is 0 Å². The molecule has 3 heteroatoms. The highest BCUT2D eigenvalue weighted by atomic mass is 16.2. The fourth-order valence-electron chi connectivity index (χ4n) is 1.70. The Bertz CT molecular complexity index is 162. The molecule has 1 saturated carbocycles. The van der Waals surface area contributed by atoms with Gasteiger partial charge in [0.1, 0.15) is 0 Å². The normalized spacial score (nSPS) is 18.6. The second-order valence-corrected chi connectivity index (χ2v) is 4.00. The summed E-state index contributed by atoms with van der Waals surface area (Å²) in [6.45, 7) is 0.498. The molecule has 0 unspecified atom stereocenters. The first kappa shape index (κ1) is 10.5. The largest absolute Gasteiger partial charge is 0.348 e. The van der Waals surface area contributed by atoms with Crippen LogP contribution in [-0.4, -0.2) is 37.5 Å². The average Bonchev–Trinajstić information content (AvgIpc) is 2.15. The van der Waals surface area contributed by atoms with Gasteiger partial charge in [0.25, 0.3) is 0 Å². The fourth-order valence-corrected chi connectivity index (χ4v) is 1.70. The van der Waals surface area contributed by atoms with E-state index in [4.69, 9.17) is 0 Å². The van der Waals surface area contributed by atoms with Gasteiger partial charge < -0.3 is 10.2 Å². The van der Waals surface area contributed by atoms with Gasteiger partial charge in [0.2, 0.25) is 5.91 Å². The zero-order chi connectivity index (χ0) is 9.68. The van der Waals surface area contributed by atoms with Gasteiger partial charge >= 0.3 is 0 Å². The Balaban J connectivity index is 2.13. The number of nitrogens with one attached hydrogen (secondary N) is 1. The molecule has 1 aliphatic rings. The van der Waals surface area contributed by atoms with E-state index in [1.807, 2.05) is 0 Å². The smallest absolute Gasteiger partial charge is 0.236 e. The van der Waals surface area contributed by atoms with Gasteiger partial charge in [-0.15, -0.1) is 0 Å². The van der Waals surface area contributed by atoms with Crippen LogP contribution in [-0.2, 0) is 4.79 Å². The molecule has 0 aromatic heterocycles. The van der Waals surface area contributed by atoms with Crippen molar-refractivity contribution in [1.29, 1.82) is 0 Å². The molecule has 1 aliphatic carbocycles. The van der Waals surface area contributed by atoms with Gasteiger partial charge in [-0.25, -0.2) is 0 Å². The number of amides is 1. The lowest BCUT2D eigenvalue weighted by atomic mass is 9.95. The first-order valence-corrected chi connectivity index (χ1v) is 5.13. The average molecular weight is 184 g/mol. The zero-order valence-electron chi connectivity index (χ0n) is 8.68. The maximum Gasteiger partial charge on any atom is 0.236 e. The molecular formula is C10H20N2O. The van der Waals surface area contributed by atoms with Crippen molar-refractivity contribution < 1.29 is 4.79 Å². The summed E-state index contributed by atoms with van der Waals surface area (Å²) in [5.74, 6) is 0.172. The van der Waals surface area contributed by atoms with Gasteiger partial charge in [0.15, 0.2) is 0 Å². The van der Waals surface area contributed by atoms with E-state index < -0.39 is 0 Å². The van der Waals surface area contributed by atoms with Crippen molar-refractivity contribution in [2.45, 2.75) is 38.1 Å². The molecule has 1 fully saturated rings. The first-order valence-electron chi connectivity index (χ1n) is 5.13. The summed E-state index contributed by atoms with van der Waals surface area (Å²) in [6.07, 6.45) is 6.46. The highest BCUT2D eigenvalue weighted by molar-refractivity contribution is 5.77. The Kier molecular flexibility index (Phi) is 4.22. The number of carbonyl (C=O) groups is 1. The van der Waals surface area contributed by atoms with Crippen LogP contribution in [0.5, 0.6) is 0 Å². The van der Waals surface area contributed by atoms with E-state index in [9.17, 15) is 4.79 Å². The van der Waals surface area contributed by atoms with Crippen LogP contribution in [0.1, 0.15) is 32.1 Å². The molecule has 1 N–H and O–H groups in total. The van der Waals surface area contributed by atoms with Crippen molar-refractivity contribution >= 4 is 5.91 Å². The third-order valence-corrected chi connectivity index (χ3v) is 2.65. The summed E-state index contributed by atoms with van der Waals surface area (Å²) >= 11 is 0. The highest BCUT2D eigenvalue weighted by Crippen LogP contribution is 2.16. The Morgan fingerprint density at radius 1 is 1.31 bits per heavy atom. The minimum Gasteiger partial charge on any atom is -0.348 e. The standard InChI is InChI=1S/C10H20N2O/c1-12(2)10(13)8-11-9-6-4-3-5-7-9/h9,11H,3-8H2,1-2H3. The Morgan fingerprint density at radius 3 is 2.46 bits per heavy atom. The van der Waals surface area contributed by atoms with E-state index in [1.165, 1.54) is 32.1 Å². The van der Waals surface area contributed by atoms with Crippen molar-refractivity contribution in [3.63, 3.8) is 0 Å². The van der Waals surface area contributed by atoms with Gasteiger partial charge in [-0.2, -0.15) is 0 Å². The van der Waals surface area contributed by atoms with Crippen molar-refractivity contribution in [3.8, 4) is 0 Å². The van der Waals surface area contributed by atoms with Gasteiger partial charge in [-0.1, -0.05) is 19.3 Å². The van der Waals surface area contributed by atoms with E-state index in [0.29, 0.717) is 12.6 Å². The number of rotatable bonds is 3. The van der Waals surface area contributed by atoms with E-state index in [-0.39, 0.29) is 5.91 Å². The summed E-state index contributed by atoms with van der Waals surface area (Å²) < 4.78 is 0. The summed E-state index contributed by atoms with van der Waals surface area (Å²) in [6, 6.07) is 0.581. The molecule has 0 aromatic carbocycles. The van der Waals surface area contributed by atoms with Crippen molar-refractivity contribution in [2.24, 2.45) is 0 Å². The lowest BCUT2D eigenvalue weighted by Crippen LogP contribution is -2.39. The summed E-state index contributed by atoms with van der Waals surface area (Å²) in [7, 11) is 3.59.